The lowest BCUT2D eigenvalue weighted by Gasteiger charge is -1.99. The minimum Gasteiger partial charge on any atom is -0.335 e. The summed E-state index contributed by atoms with van der Waals surface area (Å²) in [5.74, 6) is 11.8. The number of nitrogen functional groups attached to an aromatic ring is 2. The molecule has 0 atom stereocenters. The Kier molecular flexibility index (Phi) is 4.28. The summed E-state index contributed by atoms with van der Waals surface area (Å²) in [7, 11) is 0. The lowest BCUT2D eigenvalue weighted by atomic mass is 10.2. The van der Waals surface area contributed by atoms with Crippen LogP contribution in [0.1, 0.15) is 11.1 Å². The molecule has 6 N–H and O–H groups in total. The lowest BCUT2D eigenvalue weighted by molar-refractivity contribution is 0.988. The van der Waals surface area contributed by atoms with Gasteiger partial charge in [0.1, 0.15) is 12.7 Å². The van der Waals surface area contributed by atoms with Gasteiger partial charge in [-0.05, 0) is 11.1 Å². The maximum absolute atomic E-state index is 5.55. The minimum atomic E-state index is 0.342. The average molecular weight is 326 g/mol. The van der Waals surface area contributed by atoms with Crippen LogP contribution in [0.25, 0.3) is 0 Å². The second-order valence-electron chi connectivity index (χ2n) is 4.53. The Morgan fingerprint density at radius 3 is 1.54 bits per heavy atom. The summed E-state index contributed by atoms with van der Waals surface area (Å²) >= 11 is 0. The third-order valence-electron chi connectivity index (χ3n) is 2.84. The zero-order chi connectivity index (χ0) is 16.8. The number of nitrogens with zero attached hydrogens (tertiary/aromatic N) is 8. The van der Waals surface area contributed by atoms with Crippen molar-refractivity contribution in [2.45, 2.75) is 0 Å². The number of nitrogens with one attached hydrogen (secondary N) is 2. The Morgan fingerprint density at radius 2 is 1.21 bits per heavy atom. The summed E-state index contributed by atoms with van der Waals surface area (Å²) in [5, 5.41) is 22.8. The first-order valence-electron chi connectivity index (χ1n) is 6.71. The second-order valence-corrected chi connectivity index (χ2v) is 4.53. The van der Waals surface area contributed by atoms with Crippen LogP contribution in [0.3, 0.4) is 0 Å². The third-order valence-corrected chi connectivity index (χ3v) is 2.84. The Bertz CT molecular complexity index is 772. The SMILES string of the molecule is Nn1cnnc1NN=Cc1ccc(C=NNc2nncn2N)cc1. The normalized spacial score (nSPS) is 11.3. The molecule has 0 saturated heterocycles. The summed E-state index contributed by atoms with van der Waals surface area (Å²) in [4.78, 5) is 0. The van der Waals surface area contributed by atoms with Crippen LogP contribution in [0, 0.1) is 0 Å². The van der Waals surface area contributed by atoms with Gasteiger partial charge in [-0.25, -0.2) is 20.2 Å². The van der Waals surface area contributed by atoms with E-state index in [0.29, 0.717) is 11.9 Å². The Labute approximate surface area is 135 Å². The molecule has 0 bridgehead atoms. The summed E-state index contributed by atoms with van der Waals surface area (Å²) in [6, 6.07) is 7.52. The fourth-order valence-corrected chi connectivity index (χ4v) is 1.64. The molecule has 0 saturated carbocycles. The smallest absolute Gasteiger partial charge is 0.263 e. The maximum atomic E-state index is 5.55. The van der Waals surface area contributed by atoms with E-state index in [9.17, 15) is 0 Å². The number of nitrogens with two attached hydrogens (primary N) is 2. The molecule has 0 fully saturated rings. The van der Waals surface area contributed by atoms with Crippen molar-refractivity contribution in [2.75, 3.05) is 22.5 Å². The van der Waals surface area contributed by atoms with E-state index in [-0.39, 0.29) is 0 Å². The highest BCUT2D eigenvalue weighted by Crippen LogP contribution is 2.02. The predicted molar refractivity (Wildman–Crippen MR) is 89.2 cm³/mol. The Hall–Kier alpha value is -3.96. The summed E-state index contributed by atoms with van der Waals surface area (Å²) < 4.78 is 2.46. The molecule has 0 amide bonds. The molecule has 2 aromatic heterocycles. The summed E-state index contributed by atoms with van der Waals surface area (Å²) in [5.41, 5.74) is 7.14. The van der Waals surface area contributed by atoms with Crippen LogP contribution in [0.4, 0.5) is 11.9 Å². The maximum Gasteiger partial charge on any atom is 0.263 e. The van der Waals surface area contributed by atoms with Crippen molar-refractivity contribution in [3.05, 3.63) is 48.0 Å². The van der Waals surface area contributed by atoms with Gasteiger partial charge in [-0.1, -0.05) is 24.3 Å². The standard InChI is InChI=1S/C12H14N12/c13-23-7-17-21-11(23)19-15-5-9-1-2-10(4-3-9)6-16-20-12-22-18-8-24(12)14/h1-8H,13-14H2,(H,19,21)(H,20,22). The fraction of sp³-hybridized carbons (Fsp3) is 0. The molecular formula is C12H14N12. The van der Waals surface area contributed by atoms with Crippen molar-refractivity contribution in [3.63, 3.8) is 0 Å². The van der Waals surface area contributed by atoms with Gasteiger partial charge in [-0.2, -0.15) is 10.2 Å². The Morgan fingerprint density at radius 1 is 0.792 bits per heavy atom. The molecule has 0 spiro atoms. The van der Waals surface area contributed by atoms with Crippen LogP contribution in [-0.4, -0.2) is 42.2 Å². The van der Waals surface area contributed by atoms with Gasteiger partial charge < -0.3 is 11.7 Å². The predicted octanol–water partition coefficient (Wildman–Crippen LogP) is -0.811. The van der Waals surface area contributed by atoms with Crippen molar-refractivity contribution < 1.29 is 0 Å². The zero-order valence-electron chi connectivity index (χ0n) is 12.4. The first kappa shape index (κ1) is 15.0. The summed E-state index contributed by atoms with van der Waals surface area (Å²) in [6.07, 6.45) is 6.00. The van der Waals surface area contributed by atoms with E-state index in [2.05, 4.69) is 41.4 Å². The number of benzene rings is 1. The van der Waals surface area contributed by atoms with E-state index in [1.165, 1.54) is 22.0 Å². The van der Waals surface area contributed by atoms with Crippen LogP contribution < -0.4 is 22.5 Å². The van der Waals surface area contributed by atoms with Crippen molar-refractivity contribution in [2.24, 2.45) is 10.2 Å². The van der Waals surface area contributed by atoms with Gasteiger partial charge in [0.25, 0.3) is 11.9 Å². The molecule has 0 radical (unpaired) electrons. The molecule has 3 rings (SSSR count). The zero-order valence-corrected chi connectivity index (χ0v) is 12.4. The van der Waals surface area contributed by atoms with Crippen LogP contribution in [0.5, 0.6) is 0 Å². The van der Waals surface area contributed by atoms with Gasteiger partial charge >= 0.3 is 0 Å². The van der Waals surface area contributed by atoms with E-state index in [4.69, 9.17) is 11.7 Å². The third kappa shape index (κ3) is 3.62. The van der Waals surface area contributed by atoms with Gasteiger partial charge in [0, 0.05) is 0 Å². The molecule has 1 aromatic carbocycles. The molecular weight excluding hydrogens is 312 g/mol. The molecule has 0 aliphatic rings. The van der Waals surface area contributed by atoms with Crippen LogP contribution in [-0.2, 0) is 0 Å². The van der Waals surface area contributed by atoms with Crippen LogP contribution >= 0.6 is 0 Å². The van der Waals surface area contributed by atoms with Crippen molar-refractivity contribution in [3.8, 4) is 0 Å². The number of hydrogen-bond acceptors (Lipinski definition) is 10. The Balaban J connectivity index is 1.55. The van der Waals surface area contributed by atoms with E-state index >= 15 is 0 Å². The quantitative estimate of drug-likeness (QED) is 0.259. The molecule has 24 heavy (non-hydrogen) atoms. The molecule has 12 nitrogen and oxygen atoms in total. The van der Waals surface area contributed by atoms with E-state index in [1.807, 2.05) is 24.3 Å². The van der Waals surface area contributed by atoms with Gasteiger partial charge in [-0.3, -0.25) is 0 Å². The molecule has 0 aliphatic carbocycles. The molecule has 0 unspecified atom stereocenters. The monoisotopic (exact) mass is 326 g/mol. The van der Waals surface area contributed by atoms with Crippen LogP contribution in [0.2, 0.25) is 0 Å². The average Bonchev–Trinajstić information content (AvgIpc) is 3.18. The van der Waals surface area contributed by atoms with Crippen LogP contribution in [0.15, 0.2) is 47.1 Å². The topological polar surface area (TPSA) is 162 Å². The fourth-order valence-electron chi connectivity index (χ4n) is 1.64. The van der Waals surface area contributed by atoms with Crippen molar-refractivity contribution >= 4 is 24.3 Å². The van der Waals surface area contributed by atoms with Gasteiger partial charge in [0.05, 0.1) is 12.4 Å². The number of aromatic nitrogens is 6. The molecule has 2 heterocycles. The van der Waals surface area contributed by atoms with Gasteiger partial charge in [0.2, 0.25) is 0 Å². The highest BCUT2D eigenvalue weighted by atomic mass is 15.5. The highest BCUT2D eigenvalue weighted by Gasteiger charge is 1.98. The van der Waals surface area contributed by atoms with Crippen molar-refractivity contribution in [1.82, 2.24) is 29.7 Å². The van der Waals surface area contributed by atoms with E-state index in [0.717, 1.165) is 11.1 Å². The molecule has 12 heteroatoms. The number of anilines is 2. The number of hydrazone groups is 2. The first-order valence-corrected chi connectivity index (χ1v) is 6.71. The largest absolute Gasteiger partial charge is 0.335 e. The molecule has 0 aliphatic heterocycles. The second kappa shape index (κ2) is 6.87. The van der Waals surface area contributed by atoms with E-state index < -0.39 is 0 Å². The number of hydrogen-bond donors (Lipinski definition) is 4. The lowest BCUT2D eigenvalue weighted by Crippen LogP contribution is -2.10. The minimum absolute atomic E-state index is 0.342. The van der Waals surface area contributed by atoms with Crippen molar-refractivity contribution in [1.29, 1.82) is 0 Å². The van der Waals surface area contributed by atoms with Gasteiger partial charge in [0.15, 0.2) is 0 Å². The molecule has 3 aromatic rings. The van der Waals surface area contributed by atoms with E-state index in [1.54, 1.807) is 12.4 Å². The first-order chi connectivity index (χ1) is 11.7. The van der Waals surface area contributed by atoms with Gasteiger partial charge in [-0.15, -0.1) is 20.4 Å². The highest BCUT2D eigenvalue weighted by molar-refractivity contribution is 5.84. The number of rotatable bonds is 6. The molecule has 122 valence electrons. The summed E-state index contributed by atoms with van der Waals surface area (Å²) in [6.45, 7) is 0.